The highest BCUT2D eigenvalue weighted by Crippen LogP contribution is 2.36. The molecule has 0 saturated carbocycles. The summed E-state index contributed by atoms with van der Waals surface area (Å²) in [6.07, 6.45) is 1.52. The van der Waals surface area contributed by atoms with Crippen molar-refractivity contribution in [1.29, 1.82) is 0 Å². The van der Waals surface area contributed by atoms with Crippen molar-refractivity contribution in [1.82, 2.24) is 20.3 Å². The summed E-state index contributed by atoms with van der Waals surface area (Å²) in [7, 11) is 1.60. The summed E-state index contributed by atoms with van der Waals surface area (Å²) < 4.78 is 15.9. The van der Waals surface area contributed by atoms with E-state index in [0.29, 0.717) is 22.0 Å². The predicted octanol–water partition coefficient (Wildman–Crippen LogP) is 3.87. The fourth-order valence-corrected chi connectivity index (χ4v) is 5.46. The van der Waals surface area contributed by atoms with E-state index in [4.69, 9.17) is 11.6 Å². The Labute approximate surface area is 220 Å². The van der Waals surface area contributed by atoms with Gasteiger partial charge in [-0.25, -0.2) is 24.3 Å². The molecule has 1 aliphatic heterocycles. The van der Waals surface area contributed by atoms with Crippen LogP contribution in [0.15, 0.2) is 44.8 Å². The van der Waals surface area contributed by atoms with Gasteiger partial charge < -0.3 is 20.8 Å². The number of aromatic nitrogens is 3. The molecule has 0 aromatic carbocycles. The van der Waals surface area contributed by atoms with Gasteiger partial charge in [-0.1, -0.05) is 19.9 Å². The van der Waals surface area contributed by atoms with Gasteiger partial charge in [0.1, 0.15) is 10.7 Å². The molecule has 1 unspecified atom stereocenters. The molecule has 0 spiro atoms. The highest BCUT2D eigenvalue weighted by atomic mass is 35.5. The molecule has 0 amide bonds. The van der Waals surface area contributed by atoms with E-state index in [-0.39, 0.29) is 29.8 Å². The summed E-state index contributed by atoms with van der Waals surface area (Å²) in [6, 6.07) is 3.05. The number of aliphatic hydroxyl groups is 2. The summed E-state index contributed by atoms with van der Waals surface area (Å²) in [5, 5.41) is 30.2. The minimum atomic E-state index is -1.63. The average molecular weight is 550 g/mol. The molecule has 4 heterocycles. The molecule has 13 heteroatoms. The van der Waals surface area contributed by atoms with Crippen LogP contribution in [-0.2, 0) is 5.41 Å². The van der Waals surface area contributed by atoms with Gasteiger partial charge in [-0.15, -0.1) is 34.3 Å². The quantitative estimate of drug-likeness (QED) is 0.172. The Morgan fingerprint density at radius 1 is 1.22 bits per heavy atom. The van der Waals surface area contributed by atoms with Crippen molar-refractivity contribution >= 4 is 57.7 Å². The molecule has 36 heavy (non-hydrogen) atoms. The van der Waals surface area contributed by atoms with E-state index in [1.165, 1.54) is 22.7 Å². The first-order valence-corrected chi connectivity index (χ1v) is 13.2. The standard InChI is InChI=1S/C23H25ClFN7O2S2/c1-23(2,22-27-6-8-36-22)14(9-15(33)34)30-20-16(25)18(13-5-4-7-35-13)31-19(32-20)12-10-28-21(26-3)17(12)29-11-24/h4-8,10,14-15,33-34H,9,11H2,1-3H3,(H,26,28,29)(H,30,31,32). The number of rotatable bonds is 10. The molecule has 0 aliphatic carbocycles. The maximum atomic E-state index is 15.9. The SMILES string of the molecule is CN=C1N=CC(c2nc(NC(CC(O)O)C(C)(C)c3nccs3)c(F)c(-c3cccs3)n2)=C1NCCl. The number of allylic oxidation sites excluding steroid dienone is 1. The van der Waals surface area contributed by atoms with Crippen LogP contribution in [0.4, 0.5) is 10.2 Å². The highest BCUT2D eigenvalue weighted by Gasteiger charge is 2.36. The first kappa shape index (κ1) is 26.3. The van der Waals surface area contributed by atoms with Crippen LogP contribution in [0.1, 0.15) is 31.1 Å². The third-order valence-electron chi connectivity index (χ3n) is 5.72. The van der Waals surface area contributed by atoms with Crippen LogP contribution in [0, 0.1) is 5.82 Å². The number of aliphatic hydroxyl groups excluding tert-OH is 1. The average Bonchev–Trinajstić information content (AvgIpc) is 3.62. The third-order valence-corrected chi connectivity index (χ3v) is 7.85. The number of thiophene rings is 1. The molecule has 3 aromatic rings. The van der Waals surface area contributed by atoms with Gasteiger partial charge in [-0.05, 0) is 11.4 Å². The lowest BCUT2D eigenvalue weighted by molar-refractivity contribution is -0.0517. The largest absolute Gasteiger partial charge is 0.368 e. The van der Waals surface area contributed by atoms with Crippen molar-refractivity contribution in [2.75, 3.05) is 18.4 Å². The number of nitrogens with zero attached hydrogens (tertiary/aromatic N) is 5. The number of thiazole rings is 1. The molecule has 9 nitrogen and oxygen atoms in total. The van der Waals surface area contributed by atoms with Crippen LogP contribution < -0.4 is 10.6 Å². The third kappa shape index (κ3) is 5.32. The number of halogens is 2. The van der Waals surface area contributed by atoms with E-state index in [2.05, 4.69) is 35.6 Å². The van der Waals surface area contributed by atoms with Gasteiger partial charge in [-0.2, -0.15) is 0 Å². The second kappa shape index (κ2) is 11.1. The summed E-state index contributed by atoms with van der Waals surface area (Å²) in [5.41, 5.74) is 0.475. The van der Waals surface area contributed by atoms with Crippen molar-refractivity contribution in [2.24, 2.45) is 9.98 Å². The lowest BCUT2D eigenvalue weighted by Crippen LogP contribution is -2.42. The molecule has 1 atom stereocenters. The summed E-state index contributed by atoms with van der Waals surface area (Å²) in [5.74, 6) is -0.0864. The van der Waals surface area contributed by atoms with Crippen LogP contribution >= 0.6 is 34.3 Å². The van der Waals surface area contributed by atoms with Crippen LogP contribution in [0.5, 0.6) is 0 Å². The molecule has 0 bridgehead atoms. The highest BCUT2D eigenvalue weighted by molar-refractivity contribution is 7.13. The Morgan fingerprint density at radius 3 is 2.64 bits per heavy atom. The summed E-state index contributed by atoms with van der Waals surface area (Å²) in [6.45, 7) is 3.81. The van der Waals surface area contributed by atoms with Crippen molar-refractivity contribution in [3.63, 3.8) is 0 Å². The molecule has 4 N–H and O–H groups in total. The number of nitrogens with one attached hydrogen (secondary N) is 2. The van der Waals surface area contributed by atoms with E-state index in [9.17, 15) is 10.2 Å². The molecular weight excluding hydrogens is 525 g/mol. The Bertz CT molecular complexity index is 1290. The monoisotopic (exact) mass is 549 g/mol. The predicted molar refractivity (Wildman–Crippen MR) is 143 cm³/mol. The van der Waals surface area contributed by atoms with E-state index in [0.717, 1.165) is 5.01 Å². The van der Waals surface area contributed by atoms with E-state index < -0.39 is 23.6 Å². The molecule has 0 radical (unpaired) electrons. The van der Waals surface area contributed by atoms with Gasteiger partial charge in [0.25, 0.3) is 0 Å². The Balaban J connectivity index is 1.86. The second-order valence-corrected chi connectivity index (χ2v) is 10.5. The number of anilines is 1. The summed E-state index contributed by atoms with van der Waals surface area (Å²) >= 11 is 8.70. The van der Waals surface area contributed by atoms with Crippen LogP contribution in [0.25, 0.3) is 16.1 Å². The van der Waals surface area contributed by atoms with Gasteiger partial charge in [-0.3, -0.25) is 4.99 Å². The van der Waals surface area contributed by atoms with Crippen LogP contribution in [0.3, 0.4) is 0 Å². The maximum absolute atomic E-state index is 15.9. The number of aliphatic imine (C=N–C) groups is 2. The maximum Gasteiger partial charge on any atom is 0.192 e. The first-order chi connectivity index (χ1) is 17.3. The summed E-state index contributed by atoms with van der Waals surface area (Å²) in [4.78, 5) is 22.5. The molecule has 0 saturated heterocycles. The van der Waals surface area contributed by atoms with Crippen LogP contribution in [-0.4, -0.2) is 62.6 Å². The zero-order valence-electron chi connectivity index (χ0n) is 19.7. The zero-order valence-corrected chi connectivity index (χ0v) is 22.1. The van der Waals surface area contributed by atoms with Crippen molar-refractivity contribution in [2.45, 2.75) is 38.0 Å². The molecular formula is C23H25ClFN7O2S2. The fraction of sp³-hybridized carbons (Fsp3) is 0.348. The van der Waals surface area contributed by atoms with E-state index in [1.807, 2.05) is 30.7 Å². The van der Waals surface area contributed by atoms with Gasteiger partial charge >= 0.3 is 0 Å². The normalized spacial score (nSPS) is 15.8. The second-order valence-electron chi connectivity index (χ2n) is 8.41. The number of hydrogen-bond donors (Lipinski definition) is 4. The van der Waals surface area contributed by atoms with Crippen LogP contribution in [0.2, 0.25) is 0 Å². The minimum Gasteiger partial charge on any atom is -0.368 e. The molecule has 4 rings (SSSR count). The fourth-order valence-electron chi connectivity index (χ4n) is 3.80. The van der Waals surface area contributed by atoms with E-state index >= 15 is 4.39 Å². The van der Waals surface area contributed by atoms with Crippen molar-refractivity contribution in [3.8, 4) is 10.6 Å². The topological polar surface area (TPSA) is 128 Å². The Morgan fingerprint density at radius 2 is 2.03 bits per heavy atom. The minimum absolute atomic E-state index is 0.0771. The van der Waals surface area contributed by atoms with Gasteiger partial charge in [0.05, 0.1) is 22.2 Å². The van der Waals surface area contributed by atoms with Crippen molar-refractivity contribution in [3.05, 3.63) is 51.4 Å². The van der Waals surface area contributed by atoms with Gasteiger partial charge in [0.2, 0.25) is 0 Å². The molecule has 1 aliphatic rings. The number of alkyl halides is 1. The smallest absolute Gasteiger partial charge is 0.192 e. The number of amidine groups is 1. The molecule has 0 fully saturated rings. The zero-order chi connectivity index (χ0) is 25.9. The molecule has 190 valence electrons. The van der Waals surface area contributed by atoms with Gasteiger partial charge in [0.15, 0.2) is 29.6 Å². The Hall–Kier alpha value is -2.77. The lowest BCUT2D eigenvalue weighted by Gasteiger charge is -2.34. The number of hydrogen-bond acceptors (Lipinski definition) is 10. The lowest BCUT2D eigenvalue weighted by atomic mass is 9.83. The van der Waals surface area contributed by atoms with Crippen molar-refractivity contribution < 1.29 is 14.6 Å². The van der Waals surface area contributed by atoms with E-state index in [1.54, 1.807) is 25.5 Å². The Kier molecular flexibility index (Phi) is 8.10. The first-order valence-electron chi connectivity index (χ1n) is 11.0. The van der Waals surface area contributed by atoms with Gasteiger partial charge in [0, 0.05) is 42.7 Å². The molecule has 3 aromatic heterocycles.